The number of rotatable bonds is 4. The molecule has 12 heavy (non-hydrogen) atoms. The minimum Gasteiger partial charge on any atom is -0.369 e. The molecule has 0 saturated carbocycles. The number of primary amides is 1. The normalized spacial score (nSPS) is 10.0. The maximum Gasteiger partial charge on any atom is 0.304 e. The van der Waals surface area contributed by atoms with Gasteiger partial charge in [-0.1, -0.05) is 11.3 Å². The zero-order valence-electron chi connectivity index (χ0n) is 6.20. The topological polar surface area (TPSA) is 76.0 Å². The van der Waals surface area contributed by atoms with Crippen LogP contribution in [0.5, 0.6) is 0 Å². The van der Waals surface area contributed by atoms with Crippen LogP contribution in [0.1, 0.15) is 5.69 Å². The van der Waals surface area contributed by atoms with E-state index >= 15 is 0 Å². The third-order valence-electron chi connectivity index (χ3n) is 1.07. The average molecular weight is 204 g/mol. The molecule has 3 N–H and O–H groups in total. The second kappa shape index (κ2) is 4.32. The van der Waals surface area contributed by atoms with Gasteiger partial charge in [0.2, 0.25) is 5.91 Å². The van der Waals surface area contributed by atoms with Gasteiger partial charge < -0.3 is 10.7 Å². The fourth-order valence-corrected chi connectivity index (χ4v) is 2.01. The molecule has 1 amide bonds. The fraction of sp³-hybridized carbons (Fsp3) is 0.333. The molecule has 0 radical (unpaired) electrons. The smallest absolute Gasteiger partial charge is 0.304 e. The summed E-state index contributed by atoms with van der Waals surface area (Å²) >= 11 is 2.51. The van der Waals surface area contributed by atoms with Crippen molar-refractivity contribution in [3.8, 4) is 0 Å². The van der Waals surface area contributed by atoms with Crippen molar-refractivity contribution < 1.29 is 4.79 Å². The van der Waals surface area contributed by atoms with Crippen molar-refractivity contribution in [2.45, 2.75) is 5.75 Å². The van der Waals surface area contributed by atoms with Gasteiger partial charge in [-0.15, -0.1) is 11.8 Å². The van der Waals surface area contributed by atoms with Crippen LogP contribution < -0.4 is 10.6 Å². The molecule has 6 heteroatoms. The average Bonchev–Trinajstić information content (AvgIpc) is 2.35. The molecule has 0 spiro atoms. The summed E-state index contributed by atoms with van der Waals surface area (Å²) in [5.74, 6) is 0.581. The first kappa shape index (κ1) is 9.34. The molecule has 1 heterocycles. The number of amides is 1. The van der Waals surface area contributed by atoms with E-state index in [4.69, 9.17) is 5.73 Å². The molecule has 0 bridgehead atoms. The number of carbonyl (C=O) groups excluding carboxylic acids is 1. The summed E-state index contributed by atoms with van der Waals surface area (Å²) in [5.41, 5.74) is 5.78. The SMILES string of the molecule is NC(=O)CSCc1csc(=O)[nH]1. The second-order valence-corrected chi connectivity index (χ2v) is 3.96. The van der Waals surface area contributed by atoms with E-state index in [0.29, 0.717) is 5.75 Å². The minimum atomic E-state index is -0.336. The summed E-state index contributed by atoms with van der Waals surface area (Å²) in [7, 11) is 0. The van der Waals surface area contributed by atoms with E-state index < -0.39 is 0 Å². The van der Waals surface area contributed by atoms with Crippen molar-refractivity contribution in [3.63, 3.8) is 0 Å². The lowest BCUT2D eigenvalue weighted by atomic mass is 10.6. The van der Waals surface area contributed by atoms with Crippen LogP contribution >= 0.6 is 23.1 Å². The molecule has 0 aliphatic heterocycles. The highest BCUT2D eigenvalue weighted by Gasteiger charge is 1.98. The monoisotopic (exact) mass is 204 g/mol. The van der Waals surface area contributed by atoms with Crippen molar-refractivity contribution in [1.29, 1.82) is 0 Å². The molecule has 1 rings (SSSR count). The molecule has 0 aliphatic carbocycles. The van der Waals surface area contributed by atoms with Crippen molar-refractivity contribution in [1.82, 2.24) is 4.98 Å². The zero-order chi connectivity index (χ0) is 8.97. The van der Waals surface area contributed by atoms with E-state index in [-0.39, 0.29) is 16.5 Å². The number of nitrogens with two attached hydrogens (primary N) is 1. The summed E-state index contributed by atoms with van der Waals surface area (Å²) in [6.45, 7) is 0. The molecule has 0 aliphatic rings. The number of H-pyrrole nitrogens is 1. The molecule has 66 valence electrons. The van der Waals surface area contributed by atoms with Gasteiger partial charge in [-0.25, -0.2) is 0 Å². The van der Waals surface area contributed by atoms with Gasteiger partial charge in [-0.2, -0.15) is 0 Å². The summed E-state index contributed by atoms with van der Waals surface area (Å²) in [6, 6.07) is 0. The van der Waals surface area contributed by atoms with Crippen molar-refractivity contribution in [2.24, 2.45) is 5.73 Å². The van der Waals surface area contributed by atoms with E-state index in [1.807, 2.05) is 0 Å². The molecule has 0 fully saturated rings. The lowest BCUT2D eigenvalue weighted by molar-refractivity contribution is -0.115. The quantitative estimate of drug-likeness (QED) is 0.733. The number of nitrogens with one attached hydrogen (secondary N) is 1. The molecule has 0 saturated heterocycles. The van der Waals surface area contributed by atoms with Gasteiger partial charge in [0.05, 0.1) is 5.75 Å². The highest BCUT2D eigenvalue weighted by Crippen LogP contribution is 2.08. The Bertz CT molecular complexity index is 317. The van der Waals surface area contributed by atoms with Crippen LogP contribution in [0.4, 0.5) is 0 Å². The summed E-state index contributed by atoms with van der Waals surface area (Å²) in [6.07, 6.45) is 0. The van der Waals surface area contributed by atoms with Crippen LogP contribution in [0.2, 0.25) is 0 Å². The molecular formula is C6H8N2O2S2. The van der Waals surface area contributed by atoms with Crippen LogP contribution in [0.3, 0.4) is 0 Å². The van der Waals surface area contributed by atoms with Gasteiger partial charge in [-0.3, -0.25) is 9.59 Å². The van der Waals surface area contributed by atoms with Gasteiger partial charge in [-0.05, 0) is 0 Å². The minimum absolute atomic E-state index is 0.0651. The number of thiazole rings is 1. The van der Waals surface area contributed by atoms with Crippen molar-refractivity contribution in [2.75, 3.05) is 5.75 Å². The van der Waals surface area contributed by atoms with Gasteiger partial charge in [0.25, 0.3) is 0 Å². The number of hydrogen-bond acceptors (Lipinski definition) is 4. The van der Waals surface area contributed by atoms with E-state index in [9.17, 15) is 9.59 Å². The summed E-state index contributed by atoms with van der Waals surface area (Å²) in [5, 5.41) is 1.75. The Labute approximate surface area is 77.2 Å². The third kappa shape index (κ3) is 3.10. The van der Waals surface area contributed by atoms with Gasteiger partial charge in [0, 0.05) is 16.8 Å². The number of thioether (sulfide) groups is 1. The van der Waals surface area contributed by atoms with E-state index in [0.717, 1.165) is 17.0 Å². The zero-order valence-corrected chi connectivity index (χ0v) is 7.83. The molecule has 0 unspecified atom stereocenters. The molecule has 1 aromatic rings. The van der Waals surface area contributed by atoms with E-state index in [1.54, 1.807) is 5.38 Å². The predicted octanol–water partition coefficient (Wildman–Crippen LogP) is 0.155. The van der Waals surface area contributed by atoms with Crippen LogP contribution in [0.25, 0.3) is 0 Å². The first-order valence-corrected chi connectivity index (χ1v) is 5.24. The maximum atomic E-state index is 10.6. The molecule has 1 aromatic heterocycles. The lowest BCUT2D eigenvalue weighted by Crippen LogP contribution is -2.13. The Kier molecular flexibility index (Phi) is 3.36. The number of aromatic amines is 1. The number of carbonyl (C=O) groups is 1. The Morgan fingerprint density at radius 1 is 1.75 bits per heavy atom. The predicted molar refractivity (Wildman–Crippen MR) is 50.3 cm³/mol. The van der Waals surface area contributed by atoms with Crippen molar-refractivity contribution >= 4 is 29.0 Å². The molecular weight excluding hydrogens is 196 g/mol. The Balaban J connectivity index is 2.33. The Morgan fingerprint density at radius 2 is 2.50 bits per heavy atom. The van der Waals surface area contributed by atoms with Crippen LogP contribution in [0.15, 0.2) is 10.2 Å². The third-order valence-corrected chi connectivity index (χ3v) is 2.80. The maximum absolute atomic E-state index is 10.6. The Morgan fingerprint density at radius 3 is 3.00 bits per heavy atom. The lowest BCUT2D eigenvalue weighted by Gasteiger charge is -1.93. The second-order valence-electron chi connectivity index (χ2n) is 2.13. The molecule has 0 atom stereocenters. The number of aromatic nitrogens is 1. The molecule has 4 nitrogen and oxygen atoms in total. The van der Waals surface area contributed by atoms with Crippen LogP contribution in [0, 0.1) is 0 Å². The first-order chi connectivity index (χ1) is 5.68. The van der Waals surface area contributed by atoms with Gasteiger partial charge in [0.15, 0.2) is 0 Å². The van der Waals surface area contributed by atoms with Crippen molar-refractivity contribution in [3.05, 3.63) is 20.7 Å². The fourth-order valence-electron chi connectivity index (χ4n) is 0.646. The largest absolute Gasteiger partial charge is 0.369 e. The van der Waals surface area contributed by atoms with Crippen LogP contribution in [-0.4, -0.2) is 16.6 Å². The van der Waals surface area contributed by atoms with E-state index in [1.165, 1.54) is 11.8 Å². The van der Waals surface area contributed by atoms with Gasteiger partial charge >= 0.3 is 4.87 Å². The highest BCUT2D eigenvalue weighted by molar-refractivity contribution is 7.99. The standard InChI is InChI=1S/C6H8N2O2S2/c7-5(9)3-11-1-4-2-12-6(10)8-4/h2H,1,3H2,(H2,7,9)(H,8,10). The highest BCUT2D eigenvalue weighted by atomic mass is 32.2. The van der Waals surface area contributed by atoms with Crippen LogP contribution in [-0.2, 0) is 10.5 Å². The molecule has 0 aromatic carbocycles. The summed E-state index contributed by atoms with van der Waals surface area (Å²) in [4.78, 5) is 23.6. The number of hydrogen-bond donors (Lipinski definition) is 2. The van der Waals surface area contributed by atoms with Gasteiger partial charge in [0.1, 0.15) is 0 Å². The first-order valence-electron chi connectivity index (χ1n) is 3.21. The Hall–Kier alpha value is -0.750. The summed E-state index contributed by atoms with van der Waals surface area (Å²) < 4.78 is 0. The van der Waals surface area contributed by atoms with E-state index in [2.05, 4.69) is 4.98 Å².